The molecule has 1 aromatic carbocycles. The molecule has 0 bridgehead atoms. The van der Waals surface area contributed by atoms with Crippen molar-refractivity contribution < 1.29 is 9.90 Å². The van der Waals surface area contributed by atoms with Crippen LogP contribution in [0, 0.1) is 0 Å². The predicted molar refractivity (Wildman–Crippen MR) is 70.8 cm³/mol. The quantitative estimate of drug-likeness (QED) is 0.901. The number of carboxylic acids is 1. The Morgan fingerprint density at radius 2 is 2.12 bits per heavy atom. The van der Waals surface area contributed by atoms with Crippen molar-refractivity contribution in [2.24, 2.45) is 0 Å². The van der Waals surface area contributed by atoms with Crippen molar-refractivity contribution in [1.82, 2.24) is 0 Å². The van der Waals surface area contributed by atoms with Gasteiger partial charge in [0.25, 0.3) is 0 Å². The highest BCUT2D eigenvalue weighted by atomic mass is 35.5. The number of aliphatic carboxylic acids is 1. The molecule has 0 aliphatic rings. The highest BCUT2D eigenvalue weighted by Crippen LogP contribution is 2.33. The number of benzene rings is 1. The molecule has 4 heteroatoms. The Kier molecular flexibility index (Phi) is 3.50. The lowest BCUT2D eigenvalue weighted by molar-refractivity contribution is -0.138. The number of thiophene rings is 1. The van der Waals surface area contributed by atoms with Gasteiger partial charge < -0.3 is 5.11 Å². The Labute approximate surface area is 108 Å². The molecule has 0 radical (unpaired) electrons. The summed E-state index contributed by atoms with van der Waals surface area (Å²) < 4.78 is 0. The number of halogens is 1. The Morgan fingerprint density at radius 1 is 1.35 bits per heavy atom. The number of rotatable bonds is 3. The summed E-state index contributed by atoms with van der Waals surface area (Å²) in [6.07, 6.45) is 0. The van der Waals surface area contributed by atoms with E-state index in [1.165, 1.54) is 11.3 Å². The number of carboxylic acid groups (broad SMARTS) is 1. The molecule has 0 fully saturated rings. The lowest BCUT2D eigenvalue weighted by Gasteiger charge is -2.01. The maximum Gasteiger partial charge on any atom is 0.311 e. The zero-order valence-electron chi connectivity index (χ0n) is 9.18. The van der Waals surface area contributed by atoms with E-state index in [1.807, 2.05) is 36.4 Å². The average molecular weight is 267 g/mol. The summed E-state index contributed by atoms with van der Waals surface area (Å²) in [5.41, 5.74) is 1.02. The molecule has 1 aromatic heterocycles. The third-order valence-corrected chi connectivity index (χ3v) is 4.09. The van der Waals surface area contributed by atoms with Crippen LogP contribution >= 0.6 is 22.9 Å². The number of hydrogen-bond donors (Lipinski definition) is 1. The minimum Gasteiger partial charge on any atom is -0.481 e. The van der Waals surface area contributed by atoms with E-state index in [2.05, 4.69) is 0 Å². The molecular formula is C13H11ClO2S. The van der Waals surface area contributed by atoms with Gasteiger partial charge in [-0.2, -0.15) is 0 Å². The second-order valence-corrected chi connectivity index (χ2v) is 5.32. The van der Waals surface area contributed by atoms with Gasteiger partial charge in [0, 0.05) is 14.8 Å². The van der Waals surface area contributed by atoms with Crippen LogP contribution in [-0.2, 0) is 4.79 Å². The van der Waals surface area contributed by atoms with Crippen molar-refractivity contribution in [1.29, 1.82) is 0 Å². The maximum absolute atomic E-state index is 10.9. The Morgan fingerprint density at radius 3 is 2.76 bits per heavy atom. The second kappa shape index (κ2) is 4.90. The van der Waals surface area contributed by atoms with Crippen LogP contribution in [0.15, 0.2) is 36.4 Å². The van der Waals surface area contributed by atoms with Crippen molar-refractivity contribution in [3.05, 3.63) is 46.3 Å². The van der Waals surface area contributed by atoms with Crippen LogP contribution in [0.2, 0.25) is 5.02 Å². The van der Waals surface area contributed by atoms with Crippen LogP contribution < -0.4 is 0 Å². The van der Waals surface area contributed by atoms with Crippen molar-refractivity contribution in [3.8, 4) is 10.4 Å². The molecule has 2 nitrogen and oxygen atoms in total. The van der Waals surface area contributed by atoms with E-state index >= 15 is 0 Å². The minimum atomic E-state index is -0.801. The average Bonchev–Trinajstić information content (AvgIpc) is 2.77. The fraction of sp³-hybridized carbons (Fsp3) is 0.154. The zero-order chi connectivity index (χ0) is 12.4. The molecule has 88 valence electrons. The first-order chi connectivity index (χ1) is 8.08. The fourth-order valence-electron chi connectivity index (χ4n) is 1.50. The summed E-state index contributed by atoms with van der Waals surface area (Å²) in [5.74, 6) is -1.27. The zero-order valence-corrected chi connectivity index (χ0v) is 10.8. The van der Waals surface area contributed by atoms with Crippen LogP contribution in [0.5, 0.6) is 0 Å². The van der Waals surface area contributed by atoms with Crippen LogP contribution in [0.1, 0.15) is 17.7 Å². The van der Waals surface area contributed by atoms with Crippen LogP contribution in [0.3, 0.4) is 0 Å². The number of hydrogen-bond acceptors (Lipinski definition) is 2. The molecule has 0 saturated heterocycles. The topological polar surface area (TPSA) is 37.3 Å². The van der Waals surface area contributed by atoms with Gasteiger partial charge >= 0.3 is 5.97 Å². The van der Waals surface area contributed by atoms with E-state index in [-0.39, 0.29) is 0 Å². The molecule has 1 unspecified atom stereocenters. The summed E-state index contributed by atoms with van der Waals surface area (Å²) in [6, 6.07) is 11.3. The molecular weight excluding hydrogens is 256 g/mol. The van der Waals surface area contributed by atoms with Crippen LogP contribution in [0.4, 0.5) is 0 Å². The third kappa shape index (κ3) is 2.68. The number of carbonyl (C=O) groups is 1. The van der Waals surface area contributed by atoms with Gasteiger partial charge in [-0.1, -0.05) is 23.7 Å². The van der Waals surface area contributed by atoms with Crippen molar-refractivity contribution in [2.45, 2.75) is 12.8 Å². The molecule has 2 rings (SSSR count). The van der Waals surface area contributed by atoms with E-state index in [0.29, 0.717) is 5.02 Å². The Balaban J connectivity index is 2.33. The molecule has 17 heavy (non-hydrogen) atoms. The van der Waals surface area contributed by atoms with Crippen LogP contribution in [0.25, 0.3) is 10.4 Å². The molecule has 0 saturated carbocycles. The van der Waals surface area contributed by atoms with Gasteiger partial charge in [-0.25, -0.2) is 0 Å². The first kappa shape index (κ1) is 12.1. The lowest BCUT2D eigenvalue weighted by atomic mass is 10.1. The van der Waals surface area contributed by atoms with E-state index in [4.69, 9.17) is 16.7 Å². The molecule has 1 N–H and O–H groups in total. The third-order valence-electron chi connectivity index (χ3n) is 2.53. The highest BCUT2D eigenvalue weighted by Gasteiger charge is 2.16. The SMILES string of the molecule is CC(C(=O)O)c1ccc(-c2cccc(Cl)c2)s1. The van der Waals surface area contributed by atoms with Gasteiger partial charge in [0.15, 0.2) is 0 Å². The van der Waals surface area contributed by atoms with Crippen molar-refractivity contribution in [3.63, 3.8) is 0 Å². The van der Waals surface area contributed by atoms with Crippen LogP contribution in [-0.4, -0.2) is 11.1 Å². The van der Waals surface area contributed by atoms with Gasteiger partial charge in [-0.3, -0.25) is 4.79 Å². The maximum atomic E-state index is 10.9. The second-order valence-electron chi connectivity index (χ2n) is 3.77. The first-order valence-electron chi connectivity index (χ1n) is 5.16. The Hall–Kier alpha value is -1.32. The molecule has 0 aliphatic carbocycles. The molecule has 0 amide bonds. The van der Waals surface area contributed by atoms with Gasteiger partial charge in [-0.05, 0) is 36.8 Å². The molecule has 0 aliphatic heterocycles. The highest BCUT2D eigenvalue weighted by molar-refractivity contribution is 7.15. The Bertz CT molecular complexity index is 548. The summed E-state index contributed by atoms with van der Waals surface area (Å²) in [6.45, 7) is 1.69. The molecule has 2 aromatic rings. The van der Waals surface area contributed by atoms with Gasteiger partial charge in [0.1, 0.15) is 0 Å². The van der Waals surface area contributed by atoms with Gasteiger partial charge in [0.2, 0.25) is 0 Å². The molecule has 1 heterocycles. The van der Waals surface area contributed by atoms with E-state index in [9.17, 15) is 4.79 Å². The van der Waals surface area contributed by atoms with E-state index in [0.717, 1.165) is 15.3 Å². The van der Waals surface area contributed by atoms with Gasteiger partial charge in [-0.15, -0.1) is 11.3 Å². The van der Waals surface area contributed by atoms with Gasteiger partial charge in [0.05, 0.1) is 5.92 Å². The summed E-state index contributed by atoms with van der Waals surface area (Å²) in [4.78, 5) is 12.8. The minimum absolute atomic E-state index is 0.465. The van der Waals surface area contributed by atoms with Crippen molar-refractivity contribution >= 4 is 28.9 Å². The summed E-state index contributed by atoms with van der Waals surface area (Å²) in [7, 11) is 0. The summed E-state index contributed by atoms with van der Waals surface area (Å²) >= 11 is 7.42. The lowest BCUT2D eigenvalue weighted by Crippen LogP contribution is -2.04. The smallest absolute Gasteiger partial charge is 0.311 e. The normalized spacial score (nSPS) is 12.4. The predicted octanol–water partition coefficient (Wildman–Crippen LogP) is 4.26. The summed E-state index contributed by atoms with van der Waals surface area (Å²) in [5, 5.41) is 9.63. The van der Waals surface area contributed by atoms with E-state index < -0.39 is 11.9 Å². The standard InChI is InChI=1S/C13H11ClO2S/c1-8(13(15)16)11-5-6-12(17-11)9-3-2-4-10(14)7-9/h2-8H,1H3,(H,15,16). The molecule has 1 atom stereocenters. The fourth-order valence-corrected chi connectivity index (χ4v) is 2.74. The van der Waals surface area contributed by atoms with Crippen molar-refractivity contribution in [2.75, 3.05) is 0 Å². The monoisotopic (exact) mass is 266 g/mol. The molecule has 0 spiro atoms. The first-order valence-corrected chi connectivity index (χ1v) is 6.36. The van der Waals surface area contributed by atoms with E-state index in [1.54, 1.807) is 6.92 Å². The largest absolute Gasteiger partial charge is 0.481 e.